The van der Waals surface area contributed by atoms with Gasteiger partial charge in [0.2, 0.25) is 0 Å². The van der Waals surface area contributed by atoms with Crippen LogP contribution in [0, 0.1) is 0 Å². The molecule has 0 aliphatic carbocycles. The van der Waals surface area contributed by atoms with Gasteiger partial charge in [-0.15, -0.1) is 0 Å². The summed E-state index contributed by atoms with van der Waals surface area (Å²) >= 11 is 0. The van der Waals surface area contributed by atoms with Crippen molar-refractivity contribution in [1.82, 2.24) is 0 Å². The number of hydrogen-bond acceptors (Lipinski definition) is 7. The zero-order valence-electron chi connectivity index (χ0n) is 21.3. The molecule has 0 aliphatic heterocycles. The second kappa shape index (κ2) is 20.3. The molecule has 35 heavy (non-hydrogen) atoms. The quantitative estimate of drug-likeness (QED) is 0.0997. The molecule has 9 heteroatoms. The summed E-state index contributed by atoms with van der Waals surface area (Å²) in [4.78, 5) is 24.4. The first-order chi connectivity index (χ1) is 16.3. The van der Waals surface area contributed by atoms with Crippen molar-refractivity contribution in [3.05, 3.63) is 53.6 Å². The summed E-state index contributed by atoms with van der Waals surface area (Å²) in [6, 6.07) is 3.47. The Morgan fingerprint density at radius 1 is 0.800 bits per heavy atom. The van der Waals surface area contributed by atoms with Gasteiger partial charge in [-0.1, -0.05) is 69.9 Å². The molecule has 0 aliphatic rings. The van der Waals surface area contributed by atoms with Crippen molar-refractivity contribution in [3.63, 3.8) is 0 Å². The maximum Gasteiger partial charge on any atom is 1.00 e. The van der Waals surface area contributed by atoms with Crippen LogP contribution in [0.1, 0.15) is 98.8 Å². The van der Waals surface area contributed by atoms with Gasteiger partial charge < -0.3 is 14.0 Å². The number of unbranched alkanes of at least 4 members (excludes halogenated alkanes) is 6. The van der Waals surface area contributed by atoms with E-state index in [0.717, 1.165) is 57.4 Å². The minimum Gasteiger partial charge on any atom is -0.744 e. The van der Waals surface area contributed by atoms with Gasteiger partial charge >= 0.3 is 63.3 Å². The predicted octanol–water partition coefficient (Wildman–Crippen LogP) is 2.96. The molecule has 1 rings (SSSR count). The largest absolute Gasteiger partial charge is 1.00 e. The fourth-order valence-corrected chi connectivity index (χ4v) is 3.89. The molecule has 0 atom stereocenters. The monoisotopic (exact) mass is 532 g/mol. The van der Waals surface area contributed by atoms with Crippen molar-refractivity contribution < 1.29 is 83.4 Å². The van der Waals surface area contributed by atoms with Crippen LogP contribution in [-0.4, -0.2) is 38.1 Å². The first kappa shape index (κ1) is 34.2. The van der Waals surface area contributed by atoms with Gasteiger partial charge in [-0.2, -0.15) is 0 Å². The third-order valence-electron chi connectivity index (χ3n) is 5.04. The van der Waals surface area contributed by atoms with E-state index < -0.39 is 32.5 Å². The van der Waals surface area contributed by atoms with Gasteiger partial charge in [-0.05, 0) is 50.7 Å². The summed E-state index contributed by atoms with van der Waals surface area (Å²) in [7, 11) is -5.01. The molecule has 190 valence electrons. The third-order valence-corrected chi connectivity index (χ3v) is 5.92. The molecule has 0 amide bonds. The van der Waals surface area contributed by atoms with Gasteiger partial charge in [-0.25, -0.2) is 18.0 Å². The Labute approximate surface area is 252 Å². The van der Waals surface area contributed by atoms with Gasteiger partial charge in [0.25, 0.3) is 0 Å². The van der Waals surface area contributed by atoms with Crippen LogP contribution in [0.15, 0.2) is 47.4 Å². The molecule has 1 aromatic carbocycles. The minimum absolute atomic E-state index is 0. The first-order valence-corrected chi connectivity index (χ1v) is 13.5. The molecule has 0 N–H and O–H groups in total. The van der Waals surface area contributed by atoms with E-state index in [0.29, 0.717) is 12.8 Å². The van der Waals surface area contributed by atoms with Gasteiger partial charge in [-0.3, -0.25) is 0 Å². The number of hydrogen-bond donors (Lipinski definition) is 0. The Morgan fingerprint density at radius 2 is 1.29 bits per heavy atom. The number of esters is 2. The molecule has 0 fully saturated rings. The van der Waals surface area contributed by atoms with Crippen LogP contribution in [0.2, 0.25) is 0 Å². The SMILES string of the molecule is CCCCC/C=C/CCOC(=O)c1cccc(S(=O)(=O)[O-])c1C(=O)OCC/C=C/CCCCC.[K+]. The number of ether oxygens (including phenoxy) is 2. The second-order valence-electron chi connectivity index (χ2n) is 7.92. The molecule has 0 heterocycles. The maximum atomic E-state index is 12.6. The zero-order valence-corrected chi connectivity index (χ0v) is 25.2. The van der Waals surface area contributed by atoms with Gasteiger partial charge in [0.05, 0.1) is 29.2 Å². The number of allylic oxidation sites excluding steroid dienone is 2. The van der Waals surface area contributed by atoms with E-state index >= 15 is 0 Å². The van der Waals surface area contributed by atoms with Gasteiger partial charge in [0, 0.05) is 0 Å². The zero-order chi connectivity index (χ0) is 25.2. The Hall–Kier alpha value is -0.814. The van der Waals surface area contributed by atoms with Crippen molar-refractivity contribution in [2.45, 2.75) is 83.0 Å². The molecule has 0 radical (unpaired) electrons. The molecule has 7 nitrogen and oxygen atoms in total. The van der Waals surface area contributed by atoms with E-state index in [2.05, 4.69) is 13.8 Å². The second-order valence-corrected chi connectivity index (χ2v) is 9.26. The normalized spacial score (nSPS) is 11.5. The van der Waals surface area contributed by atoms with E-state index in [1.54, 1.807) is 0 Å². The summed E-state index contributed by atoms with van der Waals surface area (Å²) in [5, 5.41) is 0. The molecule has 0 spiro atoms. The van der Waals surface area contributed by atoms with E-state index in [1.165, 1.54) is 12.1 Å². The molecule has 0 bridgehead atoms. The number of benzene rings is 1. The number of carbonyl (C=O) groups is 2. The Morgan fingerprint density at radius 3 is 1.77 bits per heavy atom. The van der Waals surface area contributed by atoms with E-state index in [-0.39, 0.29) is 70.2 Å². The molecule has 0 saturated heterocycles. The van der Waals surface area contributed by atoms with Crippen molar-refractivity contribution in [2.24, 2.45) is 0 Å². The maximum absolute atomic E-state index is 12.6. The third kappa shape index (κ3) is 14.5. The van der Waals surface area contributed by atoms with E-state index in [1.807, 2.05) is 24.3 Å². The summed E-state index contributed by atoms with van der Waals surface area (Å²) in [5.41, 5.74) is -0.881. The summed E-state index contributed by atoms with van der Waals surface area (Å²) in [6.45, 7) is 4.31. The van der Waals surface area contributed by atoms with Crippen LogP contribution in [0.5, 0.6) is 0 Å². The molecular weight excluding hydrogens is 495 g/mol. The van der Waals surface area contributed by atoms with E-state index in [9.17, 15) is 22.6 Å². The van der Waals surface area contributed by atoms with Crippen molar-refractivity contribution >= 4 is 22.1 Å². The molecule has 0 unspecified atom stereocenters. The number of carbonyl (C=O) groups excluding carboxylic acids is 2. The topological polar surface area (TPSA) is 110 Å². The van der Waals surface area contributed by atoms with E-state index in [4.69, 9.17) is 9.47 Å². The van der Waals surface area contributed by atoms with Crippen molar-refractivity contribution in [2.75, 3.05) is 13.2 Å². The van der Waals surface area contributed by atoms with Crippen molar-refractivity contribution in [1.29, 1.82) is 0 Å². The van der Waals surface area contributed by atoms with Crippen LogP contribution in [0.4, 0.5) is 0 Å². The molecular formula is C26H37KO7S. The number of rotatable bonds is 17. The molecule has 0 saturated carbocycles. The van der Waals surface area contributed by atoms with Crippen LogP contribution in [-0.2, 0) is 19.6 Å². The Kier molecular flexibility index (Phi) is 19.8. The minimum atomic E-state index is -5.01. The average molecular weight is 533 g/mol. The first-order valence-electron chi connectivity index (χ1n) is 12.1. The molecule has 1 aromatic rings. The standard InChI is InChI=1S/C26H38O7S.K/c1-3-5-7-9-11-13-15-20-32-25(27)22-18-17-19-23(34(29,30)31)24(22)26(28)33-21-16-14-12-10-8-6-4-2;/h11-14,17-19H,3-10,15-16,20-21H2,1-2H3,(H,29,30,31);/q;+1/p-1/b13-11+,14-12+;. The van der Waals surface area contributed by atoms with Crippen LogP contribution in [0.25, 0.3) is 0 Å². The predicted molar refractivity (Wildman–Crippen MR) is 131 cm³/mol. The smallest absolute Gasteiger partial charge is 0.744 e. The van der Waals surface area contributed by atoms with Crippen molar-refractivity contribution in [3.8, 4) is 0 Å². The average Bonchev–Trinajstić information content (AvgIpc) is 2.81. The van der Waals surface area contributed by atoms with Gasteiger partial charge in [0.1, 0.15) is 10.1 Å². The molecule has 0 aromatic heterocycles. The van der Waals surface area contributed by atoms with Crippen LogP contribution < -0.4 is 51.4 Å². The van der Waals surface area contributed by atoms with Crippen LogP contribution in [0.3, 0.4) is 0 Å². The summed E-state index contributed by atoms with van der Waals surface area (Å²) < 4.78 is 45.5. The Bertz CT molecular complexity index is 924. The fraction of sp³-hybridized carbons (Fsp3) is 0.538. The van der Waals surface area contributed by atoms with Crippen LogP contribution >= 0.6 is 0 Å². The summed E-state index contributed by atoms with van der Waals surface area (Å²) in [5.74, 6) is -1.93. The Balaban J connectivity index is 0.0000116. The summed E-state index contributed by atoms with van der Waals surface area (Å²) in [6.07, 6.45) is 17.4. The fourth-order valence-electron chi connectivity index (χ4n) is 3.21. The van der Waals surface area contributed by atoms with Gasteiger partial charge in [0.15, 0.2) is 0 Å².